The maximum Gasteiger partial charge on any atom is 0.405 e. The molecule has 0 spiro atoms. The van der Waals surface area contributed by atoms with Gasteiger partial charge in [0, 0.05) is 28.9 Å². The zero-order valence-electron chi connectivity index (χ0n) is 11.3. The van der Waals surface area contributed by atoms with Gasteiger partial charge in [0.05, 0.1) is 0 Å². The second-order valence-electron chi connectivity index (χ2n) is 4.99. The summed E-state index contributed by atoms with van der Waals surface area (Å²) in [7, 11) is 0. The monoisotopic (exact) mass is 306 g/mol. The minimum absolute atomic E-state index is 0.0181. The lowest BCUT2D eigenvalue weighted by Gasteiger charge is -2.28. The first-order chi connectivity index (χ1) is 9.42. The van der Waals surface area contributed by atoms with Crippen molar-refractivity contribution < 1.29 is 13.2 Å². The first-order valence-electron chi connectivity index (χ1n) is 6.74. The summed E-state index contributed by atoms with van der Waals surface area (Å²) in [6, 6.07) is 5.13. The smallest absolute Gasteiger partial charge is 0.359 e. The Morgan fingerprint density at radius 3 is 2.60 bits per heavy atom. The van der Waals surface area contributed by atoms with Crippen molar-refractivity contribution >= 4 is 17.3 Å². The molecule has 112 valence electrons. The lowest BCUT2D eigenvalue weighted by Crippen LogP contribution is -2.37. The lowest BCUT2D eigenvalue weighted by atomic mass is 10.1. The third kappa shape index (κ3) is 4.03. The molecule has 1 N–H and O–H groups in total. The van der Waals surface area contributed by atoms with E-state index in [1.54, 1.807) is 18.2 Å². The van der Waals surface area contributed by atoms with Gasteiger partial charge in [0.2, 0.25) is 0 Å². The molecule has 1 aliphatic rings. The minimum atomic E-state index is -4.21. The van der Waals surface area contributed by atoms with Crippen LogP contribution in [-0.2, 0) is 6.54 Å². The second-order valence-corrected chi connectivity index (χ2v) is 5.40. The number of hydrogen-bond donors (Lipinski definition) is 1. The van der Waals surface area contributed by atoms with E-state index in [2.05, 4.69) is 5.32 Å². The highest BCUT2D eigenvalue weighted by atomic mass is 35.5. The summed E-state index contributed by atoms with van der Waals surface area (Å²) in [6.07, 6.45) is -2.59. The summed E-state index contributed by atoms with van der Waals surface area (Å²) in [5.74, 6) is 0. The van der Waals surface area contributed by atoms with E-state index >= 15 is 0 Å². The van der Waals surface area contributed by atoms with E-state index in [9.17, 15) is 13.2 Å². The maximum atomic E-state index is 12.8. The van der Waals surface area contributed by atoms with Gasteiger partial charge in [-0.3, -0.25) is 0 Å². The molecule has 0 bridgehead atoms. The Morgan fingerprint density at radius 2 is 2.05 bits per heavy atom. The number of benzene rings is 1. The highest BCUT2D eigenvalue weighted by molar-refractivity contribution is 6.31. The summed E-state index contributed by atoms with van der Waals surface area (Å²) < 4.78 is 38.3. The van der Waals surface area contributed by atoms with Crippen molar-refractivity contribution in [1.29, 1.82) is 0 Å². The highest BCUT2D eigenvalue weighted by Crippen LogP contribution is 2.37. The molecular weight excluding hydrogens is 289 g/mol. The van der Waals surface area contributed by atoms with E-state index in [1.807, 2.05) is 6.92 Å². The van der Waals surface area contributed by atoms with E-state index in [4.69, 9.17) is 11.6 Å². The number of rotatable bonds is 6. The molecule has 1 fully saturated rings. The quantitative estimate of drug-likeness (QED) is 0.855. The molecule has 0 aromatic heterocycles. The molecule has 1 saturated carbocycles. The summed E-state index contributed by atoms with van der Waals surface area (Å²) in [6.45, 7) is 2.25. The van der Waals surface area contributed by atoms with Crippen LogP contribution in [0.1, 0.15) is 25.3 Å². The fourth-order valence-corrected chi connectivity index (χ4v) is 2.47. The van der Waals surface area contributed by atoms with E-state index in [-0.39, 0.29) is 6.04 Å². The van der Waals surface area contributed by atoms with Gasteiger partial charge in [-0.15, -0.1) is 0 Å². The van der Waals surface area contributed by atoms with E-state index in [0.717, 1.165) is 24.9 Å². The molecular formula is C14H18ClF3N2. The molecule has 2 nitrogen and oxygen atoms in total. The third-order valence-corrected chi connectivity index (χ3v) is 3.65. The predicted molar refractivity (Wildman–Crippen MR) is 75.3 cm³/mol. The fourth-order valence-electron chi connectivity index (χ4n) is 2.23. The molecule has 1 aliphatic carbocycles. The van der Waals surface area contributed by atoms with Crippen molar-refractivity contribution in [3.05, 3.63) is 28.8 Å². The number of halogens is 4. The molecule has 2 rings (SSSR count). The topological polar surface area (TPSA) is 15.3 Å². The summed E-state index contributed by atoms with van der Waals surface area (Å²) >= 11 is 6.16. The summed E-state index contributed by atoms with van der Waals surface area (Å²) in [5.41, 5.74) is 1.34. The summed E-state index contributed by atoms with van der Waals surface area (Å²) in [5, 5.41) is 3.64. The van der Waals surface area contributed by atoms with Crippen LogP contribution in [0.3, 0.4) is 0 Å². The number of nitrogens with zero attached hydrogens (tertiary/aromatic N) is 1. The first kappa shape index (κ1) is 15.4. The van der Waals surface area contributed by atoms with Crippen molar-refractivity contribution in [3.63, 3.8) is 0 Å². The van der Waals surface area contributed by atoms with Crippen molar-refractivity contribution in [2.24, 2.45) is 0 Å². The van der Waals surface area contributed by atoms with Gasteiger partial charge in [0.25, 0.3) is 0 Å². The van der Waals surface area contributed by atoms with Gasteiger partial charge in [-0.2, -0.15) is 13.2 Å². The van der Waals surface area contributed by atoms with E-state index < -0.39 is 12.7 Å². The second kappa shape index (κ2) is 6.22. The van der Waals surface area contributed by atoms with Crippen molar-refractivity contribution in [3.8, 4) is 0 Å². The maximum absolute atomic E-state index is 12.8. The Morgan fingerprint density at radius 1 is 1.35 bits per heavy atom. The zero-order valence-corrected chi connectivity index (χ0v) is 12.1. The average molecular weight is 307 g/mol. The molecule has 0 amide bonds. The minimum Gasteiger partial charge on any atom is -0.359 e. The highest BCUT2D eigenvalue weighted by Gasteiger charge is 2.39. The van der Waals surface area contributed by atoms with Gasteiger partial charge in [-0.1, -0.05) is 24.6 Å². The average Bonchev–Trinajstić information content (AvgIpc) is 3.17. The van der Waals surface area contributed by atoms with Crippen molar-refractivity contribution in [1.82, 2.24) is 5.32 Å². The Hall–Kier alpha value is -0.940. The molecule has 0 unspecified atom stereocenters. The third-order valence-electron chi connectivity index (χ3n) is 3.29. The number of anilines is 1. The van der Waals surface area contributed by atoms with Gasteiger partial charge in [0.15, 0.2) is 0 Å². The molecule has 0 atom stereocenters. The van der Waals surface area contributed by atoms with Crippen LogP contribution in [0.5, 0.6) is 0 Å². The van der Waals surface area contributed by atoms with Crippen LogP contribution in [0.15, 0.2) is 18.2 Å². The number of alkyl halides is 3. The molecule has 6 heteroatoms. The Bertz CT molecular complexity index is 458. The van der Waals surface area contributed by atoms with Crippen LogP contribution < -0.4 is 10.2 Å². The number of nitrogens with one attached hydrogen (secondary N) is 1. The first-order valence-corrected chi connectivity index (χ1v) is 7.11. The van der Waals surface area contributed by atoms with Gasteiger partial charge in [-0.05, 0) is 31.5 Å². The van der Waals surface area contributed by atoms with Crippen molar-refractivity contribution in [2.45, 2.75) is 38.5 Å². The SMILES string of the molecule is CCNCc1c(Cl)cccc1N(CC(F)(F)F)C1CC1. The molecule has 1 aromatic carbocycles. The fraction of sp³-hybridized carbons (Fsp3) is 0.571. The lowest BCUT2D eigenvalue weighted by molar-refractivity contribution is -0.120. The zero-order chi connectivity index (χ0) is 14.8. The molecule has 0 radical (unpaired) electrons. The van der Waals surface area contributed by atoms with Crippen LogP contribution in [0, 0.1) is 0 Å². The Balaban J connectivity index is 2.30. The van der Waals surface area contributed by atoms with Crippen LogP contribution in [-0.4, -0.2) is 25.3 Å². The Labute approximate surface area is 121 Å². The van der Waals surface area contributed by atoms with Crippen LogP contribution in [0.2, 0.25) is 5.02 Å². The van der Waals surface area contributed by atoms with Crippen LogP contribution >= 0.6 is 11.6 Å². The molecule has 0 aliphatic heterocycles. The summed E-state index contributed by atoms with van der Waals surface area (Å²) in [4.78, 5) is 1.44. The van der Waals surface area contributed by atoms with Gasteiger partial charge in [-0.25, -0.2) is 0 Å². The van der Waals surface area contributed by atoms with Gasteiger partial charge >= 0.3 is 6.18 Å². The molecule has 1 aromatic rings. The van der Waals surface area contributed by atoms with E-state index in [0.29, 0.717) is 17.3 Å². The van der Waals surface area contributed by atoms with Crippen LogP contribution in [0.25, 0.3) is 0 Å². The van der Waals surface area contributed by atoms with Gasteiger partial charge < -0.3 is 10.2 Å². The van der Waals surface area contributed by atoms with Crippen molar-refractivity contribution in [2.75, 3.05) is 18.0 Å². The number of hydrogen-bond acceptors (Lipinski definition) is 2. The van der Waals surface area contributed by atoms with E-state index in [1.165, 1.54) is 4.90 Å². The Kier molecular flexibility index (Phi) is 4.81. The molecule has 0 saturated heterocycles. The van der Waals surface area contributed by atoms with Crippen LogP contribution in [0.4, 0.5) is 18.9 Å². The molecule has 0 heterocycles. The largest absolute Gasteiger partial charge is 0.405 e. The van der Waals surface area contributed by atoms with Gasteiger partial charge in [0.1, 0.15) is 6.54 Å². The normalized spacial score (nSPS) is 15.4. The molecule has 20 heavy (non-hydrogen) atoms. The predicted octanol–water partition coefficient (Wildman–Crippen LogP) is 3.98. The standard InChI is InChI=1S/C14H18ClF3N2/c1-2-19-8-11-12(15)4-3-5-13(11)20(10-6-7-10)9-14(16,17)18/h3-5,10,19H,2,6-9H2,1H3.